The van der Waals surface area contributed by atoms with E-state index in [2.05, 4.69) is 5.32 Å². The molecule has 0 radical (unpaired) electrons. The number of nitrogens with one attached hydrogen (secondary N) is 1. The molecule has 2 atom stereocenters. The number of benzene rings is 2. The van der Waals surface area contributed by atoms with Crippen LogP contribution in [0.15, 0.2) is 78.3 Å². The van der Waals surface area contributed by atoms with Gasteiger partial charge in [-0.05, 0) is 53.8 Å². The summed E-state index contributed by atoms with van der Waals surface area (Å²) < 4.78 is 39.5. The molecular formula is C23H20F2N4O2. The van der Waals surface area contributed by atoms with E-state index in [9.17, 15) is 8.78 Å². The predicted octanol–water partition coefficient (Wildman–Crippen LogP) is 3.22. The zero-order valence-corrected chi connectivity index (χ0v) is 16.4. The average molecular weight is 422 g/mol. The topological polar surface area (TPSA) is 85.8 Å². The first kappa shape index (κ1) is 19.2. The van der Waals surface area contributed by atoms with Gasteiger partial charge in [-0.2, -0.15) is 0 Å². The molecule has 0 saturated heterocycles. The maximum atomic E-state index is 14.3. The number of ether oxygens (including phenoxy) is 2. The number of halogens is 2. The molecule has 2 aromatic carbocycles. The molecule has 0 bridgehead atoms. The van der Waals surface area contributed by atoms with E-state index >= 15 is 0 Å². The predicted molar refractivity (Wildman–Crippen MR) is 112 cm³/mol. The average Bonchev–Trinajstić information content (AvgIpc) is 3.40. The summed E-state index contributed by atoms with van der Waals surface area (Å²) in [6, 6.07) is 8.30. The van der Waals surface area contributed by atoms with Crippen molar-refractivity contribution in [1.82, 2.24) is 10.2 Å². The minimum Gasteiger partial charge on any atom is -0.454 e. The Bertz CT molecular complexity index is 1150. The summed E-state index contributed by atoms with van der Waals surface area (Å²) in [4.78, 5) is 2.00. The molecule has 0 aliphatic carbocycles. The van der Waals surface area contributed by atoms with E-state index in [4.69, 9.17) is 20.9 Å². The minimum atomic E-state index is -1.06. The number of rotatable bonds is 4. The van der Waals surface area contributed by atoms with Crippen LogP contribution in [0.25, 0.3) is 5.70 Å². The highest BCUT2D eigenvalue weighted by molar-refractivity contribution is 5.71. The molecule has 0 spiro atoms. The Kier molecular flexibility index (Phi) is 4.63. The molecule has 0 fully saturated rings. The Hall–Kier alpha value is -3.78. The second kappa shape index (κ2) is 7.48. The molecule has 0 saturated carbocycles. The monoisotopic (exact) mass is 422 g/mol. The van der Waals surface area contributed by atoms with E-state index < -0.39 is 17.7 Å². The normalized spacial score (nSPS) is 20.2. The molecular weight excluding hydrogens is 402 g/mol. The molecule has 3 aliphatic heterocycles. The first-order chi connectivity index (χ1) is 15.1. The molecule has 8 heteroatoms. The summed E-state index contributed by atoms with van der Waals surface area (Å²) >= 11 is 0. The van der Waals surface area contributed by atoms with Crippen molar-refractivity contribution >= 4 is 5.70 Å². The van der Waals surface area contributed by atoms with Gasteiger partial charge in [0.25, 0.3) is 0 Å². The van der Waals surface area contributed by atoms with E-state index in [0.717, 1.165) is 11.3 Å². The summed E-state index contributed by atoms with van der Waals surface area (Å²) in [6.45, 7) is 0.199. The molecule has 5 N–H and O–H groups in total. The van der Waals surface area contributed by atoms with Crippen LogP contribution in [0.5, 0.6) is 11.5 Å². The van der Waals surface area contributed by atoms with Gasteiger partial charge in [-0.15, -0.1) is 0 Å². The van der Waals surface area contributed by atoms with Crippen LogP contribution in [-0.2, 0) is 0 Å². The second-order valence-electron chi connectivity index (χ2n) is 7.29. The Balaban J connectivity index is 1.47. The standard InChI is InChI=1S/C23H20F2N4O2/c24-16-2-1-3-17(25)22(16)23(27)15(9-26)14-5-7-21-28-10-18(29(21)11-14)13-4-6-19-20(8-13)31-12-30-19/h1-11,21,23,28H,12,26-27H2/b15-9-. The highest BCUT2D eigenvalue weighted by Gasteiger charge is 2.30. The van der Waals surface area contributed by atoms with Crippen LogP contribution in [0, 0.1) is 11.6 Å². The Labute approximate surface area is 177 Å². The third-order valence-electron chi connectivity index (χ3n) is 5.53. The van der Waals surface area contributed by atoms with Gasteiger partial charge in [0.1, 0.15) is 17.8 Å². The van der Waals surface area contributed by atoms with Crippen LogP contribution in [0.2, 0.25) is 0 Å². The highest BCUT2D eigenvalue weighted by atomic mass is 19.1. The van der Waals surface area contributed by atoms with Crippen LogP contribution in [0.1, 0.15) is 17.2 Å². The number of allylic oxidation sites excluding steroid dienone is 1. The zero-order chi connectivity index (χ0) is 21.5. The third kappa shape index (κ3) is 3.21. The van der Waals surface area contributed by atoms with Gasteiger partial charge >= 0.3 is 0 Å². The highest BCUT2D eigenvalue weighted by Crippen LogP contribution is 2.38. The number of fused-ring (bicyclic) bond motifs is 2. The van der Waals surface area contributed by atoms with Crippen molar-refractivity contribution in [2.45, 2.75) is 12.2 Å². The van der Waals surface area contributed by atoms with Crippen LogP contribution < -0.4 is 26.3 Å². The lowest BCUT2D eigenvalue weighted by molar-refractivity contribution is 0.174. The summed E-state index contributed by atoms with van der Waals surface area (Å²) in [6.07, 6.45) is 8.71. The summed E-state index contributed by atoms with van der Waals surface area (Å²) in [5, 5.41) is 3.29. The van der Waals surface area contributed by atoms with Gasteiger partial charge in [-0.25, -0.2) is 8.78 Å². The maximum Gasteiger partial charge on any atom is 0.231 e. The lowest BCUT2D eigenvalue weighted by atomic mass is 9.92. The molecule has 6 nitrogen and oxygen atoms in total. The van der Waals surface area contributed by atoms with Crippen LogP contribution in [0.4, 0.5) is 8.78 Å². The van der Waals surface area contributed by atoms with Crippen molar-refractivity contribution in [2.24, 2.45) is 11.5 Å². The summed E-state index contributed by atoms with van der Waals surface area (Å²) in [5.41, 5.74) is 14.8. The number of hydrogen-bond donors (Lipinski definition) is 3. The van der Waals surface area contributed by atoms with Gasteiger partial charge in [-0.1, -0.05) is 12.1 Å². The third-order valence-corrected chi connectivity index (χ3v) is 5.53. The van der Waals surface area contributed by atoms with E-state index in [-0.39, 0.29) is 18.5 Å². The van der Waals surface area contributed by atoms with E-state index in [1.54, 1.807) is 0 Å². The fraction of sp³-hybridized carbons (Fsp3) is 0.130. The smallest absolute Gasteiger partial charge is 0.231 e. The quantitative estimate of drug-likeness (QED) is 0.702. The van der Waals surface area contributed by atoms with Crippen LogP contribution in [0.3, 0.4) is 0 Å². The van der Waals surface area contributed by atoms with Crippen molar-refractivity contribution in [3.63, 3.8) is 0 Å². The van der Waals surface area contributed by atoms with E-state index in [0.29, 0.717) is 22.6 Å². The molecule has 0 amide bonds. The Morgan fingerprint density at radius 3 is 2.71 bits per heavy atom. The molecule has 2 unspecified atom stereocenters. The minimum absolute atomic E-state index is 0.107. The van der Waals surface area contributed by atoms with Crippen LogP contribution >= 0.6 is 0 Å². The molecule has 3 aliphatic rings. The molecule has 31 heavy (non-hydrogen) atoms. The molecule has 158 valence electrons. The molecule has 5 rings (SSSR count). The largest absolute Gasteiger partial charge is 0.454 e. The van der Waals surface area contributed by atoms with Gasteiger partial charge in [0.05, 0.1) is 11.7 Å². The van der Waals surface area contributed by atoms with Gasteiger partial charge in [0.2, 0.25) is 6.79 Å². The van der Waals surface area contributed by atoms with Gasteiger partial charge in [0, 0.05) is 23.5 Å². The van der Waals surface area contributed by atoms with Gasteiger partial charge in [-0.3, -0.25) is 0 Å². The number of nitrogens with two attached hydrogens (primary N) is 2. The van der Waals surface area contributed by atoms with E-state index in [1.807, 2.05) is 47.7 Å². The molecule has 3 heterocycles. The summed E-state index contributed by atoms with van der Waals surface area (Å²) in [5.74, 6) is -0.0473. The van der Waals surface area contributed by atoms with Crippen molar-refractivity contribution in [2.75, 3.05) is 6.79 Å². The zero-order valence-electron chi connectivity index (χ0n) is 16.4. The Morgan fingerprint density at radius 2 is 1.94 bits per heavy atom. The first-order valence-corrected chi connectivity index (χ1v) is 9.73. The van der Waals surface area contributed by atoms with Gasteiger partial charge < -0.3 is 31.2 Å². The van der Waals surface area contributed by atoms with E-state index in [1.165, 1.54) is 24.4 Å². The molecule has 2 aromatic rings. The number of hydrogen-bond acceptors (Lipinski definition) is 6. The lowest BCUT2D eigenvalue weighted by Gasteiger charge is -2.29. The van der Waals surface area contributed by atoms with Gasteiger partial charge in [0.15, 0.2) is 11.5 Å². The van der Waals surface area contributed by atoms with Crippen molar-refractivity contribution in [1.29, 1.82) is 0 Å². The van der Waals surface area contributed by atoms with Crippen molar-refractivity contribution in [3.05, 3.63) is 101 Å². The second-order valence-corrected chi connectivity index (χ2v) is 7.29. The fourth-order valence-corrected chi connectivity index (χ4v) is 3.96. The maximum absolute atomic E-state index is 14.3. The SMILES string of the molecule is N/C=C(/C1=CN2C(c3ccc4c(c3)OCO4)=CNC2C=C1)C(N)c1c(F)cccc1F. The number of nitrogens with zero attached hydrogens (tertiary/aromatic N) is 1. The van der Waals surface area contributed by atoms with Crippen molar-refractivity contribution in [3.8, 4) is 11.5 Å². The first-order valence-electron chi connectivity index (χ1n) is 9.73. The summed E-state index contributed by atoms with van der Waals surface area (Å²) in [7, 11) is 0. The lowest BCUT2D eigenvalue weighted by Crippen LogP contribution is -2.33. The van der Waals surface area contributed by atoms with Crippen molar-refractivity contribution < 1.29 is 18.3 Å². The molecule has 0 aromatic heterocycles. The Morgan fingerprint density at radius 1 is 1.16 bits per heavy atom. The fourth-order valence-electron chi connectivity index (χ4n) is 3.96. The van der Waals surface area contributed by atoms with Crippen LogP contribution in [-0.4, -0.2) is 17.9 Å².